The van der Waals surface area contributed by atoms with Crippen LogP contribution in [0.5, 0.6) is 0 Å². The van der Waals surface area contributed by atoms with Gasteiger partial charge in [-0.2, -0.15) is 5.10 Å². The van der Waals surface area contributed by atoms with Crippen molar-refractivity contribution in [2.45, 2.75) is 6.92 Å². The van der Waals surface area contributed by atoms with Crippen molar-refractivity contribution >= 4 is 11.4 Å². The largest absolute Gasteiger partial charge is 0.398 e. The van der Waals surface area contributed by atoms with Gasteiger partial charge in [-0.25, -0.2) is 9.67 Å². The second-order valence-corrected chi connectivity index (χ2v) is 3.63. The van der Waals surface area contributed by atoms with Crippen molar-refractivity contribution in [3.8, 4) is 11.4 Å². The summed E-state index contributed by atoms with van der Waals surface area (Å²) in [5, 5.41) is 14.7. The lowest BCUT2D eigenvalue weighted by Gasteiger charge is -2.03. The van der Waals surface area contributed by atoms with Gasteiger partial charge in [-0.15, -0.1) is 0 Å². The molecular weight excluding hydrogens is 222 g/mol. The first-order chi connectivity index (χ1) is 7.99. The molecule has 2 rings (SSSR count). The van der Waals surface area contributed by atoms with E-state index < -0.39 is 4.92 Å². The summed E-state index contributed by atoms with van der Waals surface area (Å²) in [6.07, 6.45) is 0. The van der Waals surface area contributed by atoms with Crippen molar-refractivity contribution in [3.05, 3.63) is 34.1 Å². The summed E-state index contributed by atoms with van der Waals surface area (Å²) in [5.74, 6) is 1.22. The molecule has 2 N–H and O–H groups in total. The summed E-state index contributed by atoms with van der Waals surface area (Å²) in [5.41, 5.74) is 6.70. The normalized spacial score (nSPS) is 10.5. The van der Waals surface area contributed by atoms with Crippen LogP contribution >= 0.6 is 0 Å². The first-order valence-corrected chi connectivity index (χ1v) is 4.91. The molecular formula is C10H11N5O2. The highest BCUT2D eigenvalue weighted by molar-refractivity contribution is 5.73. The van der Waals surface area contributed by atoms with Gasteiger partial charge in [0.15, 0.2) is 5.82 Å². The number of benzene rings is 1. The van der Waals surface area contributed by atoms with Crippen LogP contribution in [-0.4, -0.2) is 19.7 Å². The summed E-state index contributed by atoms with van der Waals surface area (Å²) in [7, 11) is 1.75. The molecule has 0 saturated heterocycles. The van der Waals surface area contributed by atoms with Crippen LogP contribution in [0.4, 0.5) is 11.4 Å². The SMILES string of the molecule is Cc1nc(-c2ccc([N+](=O)[O-])cc2N)n(C)n1. The van der Waals surface area contributed by atoms with Crippen molar-refractivity contribution < 1.29 is 4.92 Å². The Kier molecular flexibility index (Phi) is 2.51. The van der Waals surface area contributed by atoms with Crippen LogP contribution in [0.3, 0.4) is 0 Å². The van der Waals surface area contributed by atoms with Crippen LogP contribution < -0.4 is 5.73 Å². The molecule has 0 aliphatic carbocycles. The molecule has 0 bridgehead atoms. The van der Waals surface area contributed by atoms with Crippen LogP contribution in [0, 0.1) is 17.0 Å². The van der Waals surface area contributed by atoms with E-state index in [1.165, 1.54) is 12.1 Å². The van der Waals surface area contributed by atoms with Gasteiger partial charge in [0.2, 0.25) is 0 Å². The fourth-order valence-corrected chi connectivity index (χ4v) is 1.61. The van der Waals surface area contributed by atoms with Crippen molar-refractivity contribution in [2.24, 2.45) is 7.05 Å². The molecule has 0 spiro atoms. The number of nitrogen functional groups attached to an aromatic ring is 1. The second-order valence-electron chi connectivity index (χ2n) is 3.63. The molecule has 7 nitrogen and oxygen atoms in total. The van der Waals surface area contributed by atoms with E-state index in [1.54, 1.807) is 24.7 Å². The van der Waals surface area contributed by atoms with E-state index in [4.69, 9.17) is 5.73 Å². The molecule has 17 heavy (non-hydrogen) atoms. The number of hydrogen-bond acceptors (Lipinski definition) is 5. The second kappa shape index (κ2) is 3.85. The quantitative estimate of drug-likeness (QED) is 0.478. The molecule has 0 atom stereocenters. The molecule has 0 aliphatic heterocycles. The predicted molar refractivity (Wildman–Crippen MR) is 62.2 cm³/mol. The number of nitro benzene ring substituents is 1. The topological polar surface area (TPSA) is 99.9 Å². The van der Waals surface area contributed by atoms with Gasteiger partial charge in [0.25, 0.3) is 5.69 Å². The molecule has 1 heterocycles. The summed E-state index contributed by atoms with van der Waals surface area (Å²) in [4.78, 5) is 14.3. The van der Waals surface area contributed by atoms with Gasteiger partial charge in [-0.3, -0.25) is 10.1 Å². The van der Waals surface area contributed by atoms with E-state index in [-0.39, 0.29) is 5.69 Å². The number of anilines is 1. The Balaban J connectivity index is 2.54. The van der Waals surface area contributed by atoms with Crippen molar-refractivity contribution in [1.82, 2.24) is 14.8 Å². The molecule has 1 aromatic heterocycles. The van der Waals surface area contributed by atoms with Gasteiger partial charge in [-0.05, 0) is 13.0 Å². The third-order valence-electron chi connectivity index (χ3n) is 2.36. The zero-order valence-corrected chi connectivity index (χ0v) is 9.41. The van der Waals surface area contributed by atoms with E-state index in [9.17, 15) is 10.1 Å². The van der Waals surface area contributed by atoms with Crippen LogP contribution in [0.1, 0.15) is 5.82 Å². The third-order valence-corrected chi connectivity index (χ3v) is 2.36. The molecule has 1 aromatic carbocycles. The molecule has 7 heteroatoms. The maximum absolute atomic E-state index is 10.6. The highest BCUT2D eigenvalue weighted by atomic mass is 16.6. The van der Waals surface area contributed by atoms with Crippen LogP contribution in [0.2, 0.25) is 0 Å². The third kappa shape index (κ3) is 1.94. The van der Waals surface area contributed by atoms with Crippen molar-refractivity contribution in [2.75, 3.05) is 5.73 Å². The number of non-ortho nitro benzene ring substituents is 1. The van der Waals surface area contributed by atoms with E-state index in [1.807, 2.05) is 0 Å². The van der Waals surface area contributed by atoms with Gasteiger partial charge >= 0.3 is 0 Å². The van der Waals surface area contributed by atoms with Crippen molar-refractivity contribution in [3.63, 3.8) is 0 Å². The smallest absolute Gasteiger partial charge is 0.271 e. The van der Waals surface area contributed by atoms with E-state index in [0.717, 1.165) is 0 Å². The number of nitrogens with two attached hydrogens (primary N) is 1. The summed E-state index contributed by atoms with van der Waals surface area (Å²) in [6.45, 7) is 1.77. The van der Waals surface area contributed by atoms with Crippen LogP contribution in [0.25, 0.3) is 11.4 Å². The highest BCUT2D eigenvalue weighted by Gasteiger charge is 2.14. The van der Waals surface area contributed by atoms with Crippen LogP contribution in [-0.2, 0) is 7.05 Å². The number of rotatable bonds is 2. The molecule has 0 unspecified atom stereocenters. The number of nitrogens with zero attached hydrogens (tertiary/aromatic N) is 4. The first kappa shape index (κ1) is 11.1. The monoisotopic (exact) mass is 233 g/mol. The van der Waals surface area contributed by atoms with Gasteiger partial charge in [0.1, 0.15) is 5.82 Å². The van der Waals surface area contributed by atoms with Crippen molar-refractivity contribution in [1.29, 1.82) is 0 Å². The molecule has 0 radical (unpaired) electrons. The number of nitro groups is 1. The molecule has 0 aliphatic rings. The lowest BCUT2D eigenvalue weighted by Crippen LogP contribution is -1.99. The Hall–Kier alpha value is -2.44. The number of aryl methyl sites for hydroxylation is 2. The minimum absolute atomic E-state index is 0.0369. The summed E-state index contributed by atoms with van der Waals surface area (Å²) in [6, 6.07) is 4.30. The van der Waals surface area contributed by atoms with Gasteiger partial charge < -0.3 is 5.73 Å². The van der Waals surface area contributed by atoms with Gasteiger partial charge in [0, 0.05) is 30.4 Å². The van der Waals surface area contributed by atoms with Crippen LogP contribution in [0.15, 0.2) is 18.2 Å². The Labute approximate surface area is 97.0 Å². The van der Waals surface area contributed by atoms with E-state index in [2.05, 4.69) is 10.1 Å². The fourth-order valence-electron chi connectivity index (χ4n) is 1.61. The Morgan fingerprint density at radius 2 is 2.18 bits per heavy atom. The van der Waals surface area contributed by atoms with E-state index >= 15 is 0 Å². The standard InChI is InChI=1S/C10H11N5O2/c1-6-12-10(14(2)13-6)8-4-3-7(15(16)17)5-9(8)11/h3-5H,11H2,1-2H3. The zero-order valence-electron chi connectivity index (χ0n) is 9.41. The lowest BCUT2D eigenvalue weighted by atomic mass is 10.1. The zero-order chi connectivity index (χ0) is 12.6. The lowest BCUT2D eigenvalue weighted by molar-refractivity contribution is -0.384. The Morgan fingerprint density at radius 3 is 2.65 bits per heavy atom. The molecule has 0 fully saturated rings. The summed E-state index contributed by atoms with van der Waals surface area (Å²) >= 11 is 0. The molecule has 2 aromatic rings. The average molecular weight is 233 g/mol. The van der Waals surface area contributed by atoms with Gasteiger partial charge in [0.05, 0.1) is 4.92 Å². The number of hydrogen-bond donors (Lipinski definition) is 1. The van der Waals surface area contributed by atoms with Gasteiger partial charge in [-0.1, -0.05) is 0 Å². The average Bonchev–Trinajstić information content (AvgIpc) is 2.57. The predicted octanol–water partition coefficient (Wildman–Crippen LogP) is 1.28. The fraction of sp³-hybridized carbons (Fsp3) is 0.200. The summed E-state index contributed by atoms with van der Waals surface area (Å²) < 4.78 is 1.59. The Bertz CT molecular complexity index is 590. The molecule has 0 saturated carbocycles. The minimum Gasteiger partial charge on any atom is -0.398 e. The maximum Gasteiger partial charge on any atom is 0.271 e. The number of aromatic nitrogens is 3. The first-order valence-electron chi connectivity index (χ1n) is 4.91. The minimum atomic E-state index is -0.484. The van der Waals surface area contributed by atoms with E-state index in [0.29, 0.717) is 22.9 Å². The Morgan fingerprint density at radius 1 is 1.47 bits per heavy atom. The maximum atomic E-state index is 10.6. The highest BCUT2D eigenvalue weighted by Crippen LogP contribution is 2.27. The molecule has 88 valence electrons. The molecule has 0 amide bonds.